The monoisotopic (exact) mass is 271 g/mol. The van der Waals surface area contributed by atoms with Crippen molar-refractivity contribution in [3.63, 3.8) is 0 Å². The van der Waals surface area contributed by atoms with Crippen LogP contribution >= 0.6 is 11.8 Å². The Morgan fingerprint density at radius 1 is 1.22 bits per heavy atom. The molecule has 18 heavy (non-hydrogen) atoms. The fourth-order valence-electron chi connectivity index (χ4n) is 3.22. The van der Waals surface area contributed by atoms with E-state index >= 15 is 0 Å². The zero-order valence-electron chi connectivity index (χ0n) is 11.2. The third kappa shape index (κ3) is 4.16. The molecule has 0 radical (unpaired) electrons. The van der Waals surface area contributed by atoms with Crippen molar-refractivity contribution in [1.82, 2.24) is 4.90 Å². The average Bonchev–Trinajstić information content (AvgIpc) is 2.36. The summed E-state index contributed by atoms with van der Waals surface area (Å²) in [5.74, 6) is 0.604. The molecule has 0 unspecified atom stereocenters. The van der Waals surface area contributed by atoms with E-state index in [0.29, 0.717) is 11.2 Å². The molecule has 1 aliphatic heterocycles. The highest BCUT2D eigenvalue weighted by Crippen LogP contribution is 2.42. The summed E-state index contributed by atoms with van der Waals surface area (Å²) in [6.07, 6.45) is 9.19. The molecule has 0 aromatic rings. The Bertz CT molecular complexity index is 271. The predicted octanol–water partition coefficient (Wildman–Crippen LogP) is 2.99. The summed E-state index contributed by atoms with van der Waals surface area (Å²) in [7, 11) is 0. The first-order valence-electron chi connectivity index (χ1n) is 7.28. The summed E-state index contributed by atoms with van der Waals surface area (Å²) < 4.78 is 0.545. The first-order chi connectivity index (χ1) is 8.70. The maximum absolute atomic E-state index is 10.5. The molecule has 1 saturated heterocycles. The number of carbonyl (C=O) groups is 1. The van der Waals surface area contributed by atoms with Crippen LogP contribution in [0.1, 0.15) is 51.4 Å². The molecule has 1 N–H and O–H groups in total. The Hall–Kier alpha value is -0.220. The smallest absolute Gasteiger partial charge is 0.303 e. The molecular weight excluding hydrogens is 246 g/mol. The number of carboxylic acids is 1. The van der Waals surface area contributed by atoms with Crippen LogP contribution in [0.4, 0.5) is 0 Å². The van der Waals surface area contributed by atoms with Crippen molar-refractivity contribution in [2.24, 2.45) is 0 Å². The van der Waals surface area contributed by atoms with Gasteiger partial charge in [0.05, 0.1) is 0 Å². The van der Waals surface area contributed by atoms with Gasteiger partial charge in [-0.2, -0.15) is 11.8 Å². The van der Waals surface area contributed by atoms with Crippen LogP contribution < -0.4 is 0 Å². The second-order valence-electron chi connectivity index (χ2n) is 5.72. The van der Waals surface area contributed by atoms with Gasteiger partial charge in [0.2, 0.25) is 0 Å². The van der Waals surface area contributed by atoms with Gasteiger partial charge < -0.3 is 10.0 Å². The van der Waals surface area contributed by atoms with Crippen molar-refractivity contribution >= 4 is 17.7 Å². The molecule has 0 bridgehead atoms. The van der Waals surface area contributed by atoms with Crippen LogP contribution in [0.25, 0.3) is 0 Å². The summed E-state index contributed by atoms with van der Waals surface area (Å²) in [5.41, 5.74) is 0. The van der Waals surface area contributed by atoms with Crippen molar-refractivity contribution in [2.45, 2.75) is 56.1 Å². The maximum Gasteiger partial charge on any atom is 0.303 e. The molecule has 1 heterocycles. The third-order valence-corrected chi connectivity index (χ3v) is 5.74. The number of thioether (sulfide) groups is 1. The van der Waals surface area contributed by atoms with E-state index in [1.165, 1.54) is 50.9 Å². The van der Waals surface area contributed by atoms with Gasteiger partial charge in [0.25, 0.3) is 0 Å². The van der Waals surface area contributed by atoms with E-state index in [9.17, 15) is 4.79 Å². The van der Waals surface area contributed by atoms with Gasteiger partial charge in [-0.15, -0.1) is 0 Å². The number of hydrogen-bond acceptors (Lipinski definition) is 3. The molecule has 1 aliphatic carbocycles. The summed E-state index contributed by atoms with van der Waals surface area (Å²) >= 11 is 2.20. The van der Waals surface area contributed by atoms with E-state index in [0.717, 1.165) is 19.4 Å². The molecule has 2 fully saturated rings. The van der Waals surface area contributed by atoms with Gasteiger partial charge in [0.1, 0.15) is 0 Å². The normalized spacial score (nSPS) is 24.2. The van der Waals surface area contributed by atoms with Crippen LogP contribution in [0.5, 0.6) is 0 Å². The van der Waals surface area contributed by atoms with E-state index in [2.05, 4.69) is 16.7 Å². The standard InChI is InChI=1S/C14H25NO2S/c16-13(17)6-2-5-9-15-10-11-18-14(12-15)7-3-1-4-8-14/h1-12H2,(H,16,17). The minimum Gasteiger partial charge on any atom is -0.481 e. The molecular formula is C14H25NO2S. The highest BCUT2D eigenvalue weighted by molar-refractivity contribution is 8.00. The molecule has 2 aliphatic rings. The van der Waals surface area contributed by atoms with Crippen LogP contribution in [0.3, 0.4) is 0 Å². The van der Waals surface area contributed by atoms with Gasteiger partial charge in [-0.3, -0.25) is 4.79 Å². The lowest BCUT2D eigenvalue weighted by Gasteiger charge is -2.44. The summed E-state index contributed by atoms with van der Waals surface area (Å²) in [6, 6.07) is 0. The van der Waals surface area contributed by atoms with E-state index < -0.39 is 5.97 Å². The summed E-state index contributed by atoms with van der Waals surface area (Å²) in [4.78, 5) is 13.0. The number of rotatable bonds is 5. The SMILES string of the molecule is O=C(O)CCCCN1CCSC2(CCCCC2)C1. The molecule has 2 rings (SSSR count). The van der Waals surface area contributed by atoms with Crippen LogP contribution in [0, 0.1) is 0 Å². The molecule has 1 saturated carbocycles. The highest BCUT2D eigenvalue weighted by Gasteiger charge is 2.36. The van der Waals surface area contributed by atoms with Crippen LogP contribution in [-0.2, 0) is 4.79 Å². The van der Waals surface area contributed by atoms with Crippen molar-refractivity contribution in [2.75, 3.05) is 25.4 Å². The van der Waals surface area contributed by atoms with Crippen molar-refractivity contribution in [3.8, 4) is 0 Å². The first kappa shape index (κ1) is 14.2. The Labute approximate surface area is 114 Å². The van der Waals surface area contributed by atoms with Gasteiger partial charge in [0.15, 0.2) is 0 Å². The lowest BCUT2D eigenvalue weighted by Crippen LogP contribution is -2.47. The van der Waals surface area contributed by atoms with E-state index in [1.807, 2.05) is 0 Å². The molecule has 0 atom stereocenters. The summed E-state index contributed by atoms with van der Waals surface area (Å²) in [6.45, 7) is 3.53. The quantitative estimate of drug-likeness (QED) is 0.780. The van der Waals surface area contributed by atoms with Crippen molar-refractivity contribution < 1.29 is 9.90 Å². The minimum atomic E-state index is -0.659. The largest absolute Gasteiger partial charge is 0.481 e. The fraction of sp³-hybridized carbons (Fsp3) is 0.929. The lowest BCUT2D eigenvalue weighted by atomic mass is 9.87. The minimum absolute atomic E-state index is 0.327. The van der Waals surface area contributed by atoms with E-state index in [-0.39, 0.29) is 0 Å². The molecule has 0 aromatic carbocycles. The second-order valence-corrected chi connectivity index (χ2v) is 7.28. The van der Waals surface area contributed by atoms with Crippen LogP contribution in [0.2, 0.25) is 0 Å². The second kappa shape index (κ2) is 6.80. The highest BCUT2D eigenvalue weighted by atomic mass is 32.2. The number of nitrogens with zero attached hydrogens (tertiary/aromatic N) is 1. The van der Waals surface area contributed by atoms with Gasteiger partial charge in [0, 0.05) is 30.0 Å². The van der Waals surface area contributed by atoms with E-state index in [4.69, 9.17) is 5.11 Å². The number of unbranched alkanes of at least 4 members (excludes halogenated alkanes) is 1. The van der Waals surface area contributed by atoms with Gasteiger partial charge >= 0.3 is 5.97 Å². The Balaban J connectivity index is 1.71. The number of carboxylic acid groups (broad SMARTS) is 1. The number of hydrogen-bond donors (Lipinski definition) is 1. The van der Waals surface area contributed by atoms with E-state index in [1.54, 1.807) is 0 Å². The fourth-order valence-corrected chi connectivity index (χ4v) is 4.86. The zero-order valence-corrected chi connectivity index (χ0v) is 12.0. The number of aliphatic carboxylic acids is 1. The topological polar surface area (TPSA) is 40.5 Å². The molecule has 104 valence electrons. The summed E-state index contributed by atoms with van der Waals surface area (Å²) in [5, 5.41) is 8.63. The van der Waals surface area contributed by atoms with Gasteiger partial charge in [-0.25, -0.2) is 0 Å². The Morgan fingerprint density at radius 3 is 2.72 bits per heavy atom. The Kier molecular flexibility index (Phi) is 5.37. The van der Waals surface area contributed by atoms with Crippen LogP contribution in [0.15, 0.2) is 0 Å². The van der Waals surface area contributed by atoms with Crippen molar-refractivity contribution in [1.29, 1.82) is 0 Å². The molecule has 4 heteroatoms. The predicted molar refractivity (Wildman–Crippen MR) is 76.2 cm³/mol. The maximum atomic E-state index is 10.5. The Morgan fingerprint density at radius 2 is 2.00 bits per heavy atom. The van der Waals surface area contributed by atoms with Gasteiger partial charge in [-0.05, 0) is 32.2 Å². The van der Waals surface area contributed by atoms with Crippen molar-refractivity contribution in [3.05, 3.63) is 0 Å². The molecule has 3 nitrogen and oxygen atoms in total. The zero-order chi connectivity index (χ0) is 12.8. The van der Waals surface area contributed by atoms with Gasteiger partial charge in [-0.1, -0.05) is 19.3 Å². The lowest BCUT2D eigenvalue weighted by molar-refractivity contribution is -0.137. The molecule has 0 aromatic heterocycles. The third-order valence-electron chi connectivity index (χ3n) is 4.21. The molecule has 1 spiro atoms. The molecule has 0 amide bonds. The average molecular weight is 271 g/mol. The van der Waals surface area contributed by atoms with Crippen LogP contribution in [-0.4, -0.2) is 46.1 Å². The first-order valence-corrected chi connectivity index (χ1v) is 8.27.